The second-order valence-electron chi connectivity index (χ2n) is 5.40. The third-order valence-electron chi connectivity index (χ3n) is 3.57. The molecular weight excluding hydrogens is 295 g/mol. The molecule has 0 aromatic heterocycles. The molecule has 2 unspecified atom stereocenters. The largest absolute Gasteiger partial charge is 0.338 e. The number of nitrogens with one attached hydrogen (secondary N) is 2. The van der Waals surface area contributed by atoms with Gasteiger partial charge in [0.1, 0.15) is 5.82 Å². The van der Waals surface area contributed by atoms with Gasteiger partial charge in [0, 0.05) is 6.54 Å². The van der Waals surface area contributed by atoms with E-state index in [4.69, 9.17) is 0 Å². The number of benzene rings is 1. The third-order valence-corrected chi connectivity index (χ3v) is 5.41. The molecular formula is C14H19FN2O3S. The number of hydrogen-bond acceptors (Lipinski definition) is 3. The minimum Gasteiger partial charge on any atom is -0.338 e. The van der Waals surface area contributed by atoms with Crippen molar-refractivity contribution >= 4 is 15.9 Å². The van der Waals surface area contributed by atoms with Crippen LogP contribution in [0.1, 0.15) is 24.9 Å². The third kappa shape index (κ3) is 4.70. The molecule has 1 aromatic rings. The summed E-state index contributed by atoms with van der Waals surface area (Å²) in [4.78, 5) is 11.8. The second kappa shape index (κ2) is 6.43. The Hall–Kier alpha value is -1.63. The van der Waals surface area contributed by atoms with Crippen LogP contribution in [0.4, 0.5) is 9.18 Å². The van der Waals surface area contributed by atoms with E-state index < -0.39 is 9.84 Å². The summed E-state index contributed by atoms with van der Waals surface area (Å²) in [6, 6.07) is 5.33. The lowest BCUT2D eigenvalue weighted by Crippen LogP contribution is -2.39. The van der Waals surface area contributed by atoms with Crippen LogP contribution in [-0.4, -0.2) is 32.5 Å². The Kier molecular flexibility index (Phi) is 4.82. The van der Waals surface area contributed by atoms with E-state index in [0.29, 0.717) is 18.5 Å². The molecule has 1 saturated heterocycles. The monoisotopic (exact) mass is 314 g/mol. The van der Waals surface area contributed by atoms with Crippen molar-refractivity contribution in [1.29, 1.82) is 0 Å². The zero-order valence-corrected chi connectivity index (χ0v) is 12.6. The summed E-state index contributed by atoms with van der Waals surface area (Å²) in [5.41, 5.74) is 0.675. The van der Waals surface area contributed by atoms with Crippen molar-refractivity contribution in [1.82, 2.24) is 10.6 Å². The van der Waals surface area contributed by atoms with Gasteiger partial charge < -0.3 is 10.6 Å². The lowest BCUT2D eigenvalue weighted by atomic mass is 10.1. The first kappa shape index (κ1) is 15.8. The van der Waals surface area contributed by atoms with Crippen molar-refractivity contribution in [3.8, 4) is 0 Å². The molecule has 0 spiro atoms. The molecule has 2 amide bonds. The standard InChI is InChI=1S/C14H19FN2O3S/c1-10(12-3-2-4-13(15)7-12)17-14(18)16-8-11-5-6-21(19,20)9-11/h2-4,7,10-11H,5-6,8-9H2,1H3,(H2,16,17,18). The highest BCUT2D eigenvalue weighted by Gasteiger charge is 2.27. The molecule has 1 heterocycles. The first-order valence-electron chi connectivity index (χ1n) is 6.86. The van der Waals surface area contributed by atoms with Crippen molar-refractivity contribution in [2.24, 2.45) is 5.92 Å². The summed E-state index contributed by atoms with van der Waals surface area (Å²) in [6.07, 6.45) is 0.585. The van der Waals surface area contributed by atoms with Gasteiger partial charge in [-0.2, -0.15) is 0 Å². The molecule has 2 atom stereocenters. The number of halogens is 1. The highest BCUT2D eigenvalue weighted by Crippen LogP contribution is 2.17. The SMILES string of the molecule is CC(NC(=O)NCC1CCS(=O)(=O)C1)c1cccc(F)c1. The molecule has 0 bridgehead atoms. The molecule has 21 heavy (non-hydrogen) atoms. The molecule has 1 fully saturated rings. The summed E-state index contributed by atoms with van der Waals surface area (Å²) >= 11 is 0. The summed E-state index contributed by atoms with van der Waals surface area (Å²) in [5.74, 6) is -0.0455. The van der Waals surface area contributed by atoms with Crippen LogP contribution in [0.5, 0.6) is 0 Å². The van der Waals surface area contributed by atoms with Gasteiger partial charge in [0.15, 0.2) is 9.84 Å². The fraction of sp³-hybridized carbons (Fsp3) is 0.500. The minimum atomic E-state index is -2.93. The lowest BCUT2D eigenvalue weighted by Gasteiger charge is -2.16. The van der Waals surface area contributed by atoms with Gasteiger partial charge in [-0.05, 0) is 37.0 Å². The predicted octanol–water partition coefficient (Wildman–Crippen LogP) is 1.62. The molecule has 0 aliphatic carbocycles. The Bertz CT molecular complexity index is 618. The smallest absolute Gasteiger partial charge is 0.315 e. The number of urea groups is 1. The summed E-state index contributed by atoms with van der Waals surface area (Å²) in [6.45, 7) is 2.09. The maximum atomic E-state index is 13.1. The molecule has 1 aromatic carbocycles. The van der Waals surface area contributed by atoms with Crippen LogP contribution in [0, 0.1) is 11.7 Å². The fourth-order valence-electron chi connectivity index (χ4n) is 2.38. The Balaban J connectivity index is 1.79. The van der Waals surface area contributed by atoms with Crippen LogP contribution in [0.2, 0.25) is 0 Å². The average Bonchev–Trinajstić information content (AvgIpc) is 2.76. The van der Waals surface area contributed by atoms with Crippen molar-refractivity contribution in [2.45, 2.75) is 19.4 Å². The normalized spacial score (nSPS) is 21.7. The van der Waals surface area contributed by atoms with Gasteiger partial charge in [-0.25, -0.2) is 17.6 Å². The highest BCUT2D eigenvalue weighted by molar-refractivity contribution is 7.91. The number of hydrogen-bond donors (Lipinski definition) is 2. The van der Waals surface area contributed by atoms with E-state index >= 15 is 0 Å². The quantitative estimate of drug-likeness (QED) is 0.887. The average molecular weight is 314 g/mol. The molecule has 1 aliphatic heterocycles. The van der Waals surface area contributed by atoms with Gasteiger partial charge in [0.2, 0.25) is 0 Å². The van der Waals surface area contributed by atoms with Crippen LogP contribution in [-0.2, 0) is 9.84 Å². The molecule has 2 N–H and O–H groups in total. The lowest BCUT2D eigenvalue weighted by molar-refractivity contribution is 0.236. The molecule has 116 valence electrons. The van der Waals surface area contributed by atoms with Gasteiger partial charge in [-0.15, -0.1) is 0 Å². The molecule has 1 aliphatic rings. The summed E-state index contributed by atoms with van der Waals surface area (Å²) in [7, 11) is -2.93. The first-order chi connectivity index (χ1) is 9.85. The first-order valence-corrected chi connectivity index (χ1v) is 8.68. The zero-order valence-electron chi connectivity index (χ0n) is 11.8. The Morgan fingerprint density at radius 2 is 2.24 bits per heavy atom. The topological polar surface area (TPSA) is 75.3 Å². The predicted molar refractivity (Wildman–Crippen MR) is 78.1 cm³/mol. The molecule has 2 rings (SSSR count). The number of sulfone groups is 1. The van der Waals surface area contributed by atoms with Crippen LogP contribution in [0.3, 0.4) is 0 Å². The second-order valence-corrected chi connectivity index (χ2v) is 7.63. The number of rotatable bonds is 4. The van der Waals surface area contributed by atoms with E-state index in [1.165, 1.54) is 12.1 Å². The van der Waals surface area contributed by atoms with Gasteiger partial charge >= 0.3 is 6.03 Å². The number of amides is 2. The van der Waals surface area contributed by atoms with Gasteiger partial charge in [-0.1, -0.05) is 12.1 Å². The van der Waals surface area contributed by atoms with E-state index in [-0.39, 0.29) is 35.3 Å². The van der Waals surface area contributed by atoms with E-state index in [1.807, 2.05) is 0 Å². The maximum Gasteiger partial charge on any atom is 0.315 e. The Labute approximate surface area is 123 Å². The zero-order chi connectivity index (χ0) is 15.5. The summed E-state index contributed by atoms with van der Waals surface area (Å²) in [5, 5.41) is 5.37. The van der Waals surface area contributed by atoms with Crippen LogP contribution in [0.25, 0.3) is 0 Å². The molecule has 7 heteroatoms. The van der Waals surface area contributed by atoms with Gasteiger partial charge in [-0.3, -0.25) is 0 Å². The number of carbonyl (C=O) groups excluding carboxylic acids is 1. The van der Waals surface area contributed by atoms with Crippen molar-refractivity contribution in [3.63, 3.8) is 0 Å². The van der Waals surface area contributed by atoms with E-state index in [2.05, 4.69) is 10.6 Å². The Morgan fingerprint density at radius 1 is 1.48 bits per heavy atom. The van der Waals surface area contributed by atoms with Crippen LogP contribution < -0.4 is 10.6 Å². The maximum absolute atomic E-state index is 13.1. The molecule has 0 saturated carbocycles. The van der Waals surface area contributed by atoms with Crippen molar-refractivity contribution < 1.29 is 17.6 Å². The van der Waals surface area contributed by atoms with Crippen molar-refractivity contribution in [3.05, 3.63) is 35.6 Å². The highest BCUT2D eigenvalue weighted by atomic mass is 32.2. The van der Waals surface area contributed by atoms with E-state index in [9.17, 15) is 17.6 Å². The minimum absolute atomic E-state index is 0.0229. The van der Waals surface area contributed by atoms with Gasteiger partial charge in [0.05, 0.1) is 17.5 Å². The van der Waals surface area contributed by atoms with E-state index in [0.717, 1.165) is 0 Å². The fourth-order valence-corrected chi connectivity index (χ4v) is 4.24. The molecule has 5 nitrogen and oxygen atoms in total. The van der Waals surface area contributed by atoms with Crippen molar-refractivity contribution in [2.75, 3.05) is 18.1 Å². The van der Waals surface area contributed by atoms with Gasteiger partial charge in [0.25, 0.3) is 0 Å². The number of carbonyl (C=O) groups is 1. The van der Waals surface area contributed by atoms with Crippen LogP contribution in [0.15, 0.2) is 24.3 Å². The molecule has 0 radical (unpaired) electrons. The van der Waals surface area contributed by atoms with Crippen LogP contribution >= 0.6 is 0 Å². The Morgan fingerprint density at radius 3 is 2.86 bits per heavy atom. The summed E-state index contributed by atoms with van der Waals surface area (Å²) < 4.78 is 35.7. The van der Waals surface area contributed by atoms with E-state index in [1.54, 1.807) is 19.1 Å².